The standard InChI is InChI=1S/C16H12FNOS/c17-12-7-5-11(6-8-12)10-20-16-9-15(19)13-3-1-2-4-14(13)18-16/h1-8H,9-10H2. The summed E-state index contributed by atoms with van der Waals surface area (Å²) in [6.45, 7) is 0. The lowest BCUT2D eigenvalue weighted by molar-refractivity contribution is 0.100. The SMILES string of the molecule is O=C1CC(SCc2ccc(F)cc2)=Nc2ccccc21. The lowest BCUT2D eigenvalue weighted by atomic mass is 10.0. The molecule has 0 fully saturated rings. The van der Waals surface area contributed by atoms with Crippen LogP contribution in [0.25, 0.3) is 0 Å². The smallest absolute Gasteiger partial charge is 0.171 e. The zero-order valence-electron chi connectivity index (χ0n) is 10.7. The van der Waals surface area contributed by atoms with Gasteiger partial charge in [0.1, 0.15) is 5.82 Å². The summed E-state index contributed by atoms with van der Waals surface area (Å²) < 4.78 is 12.8. The van der Waals surface area contributed by atoms with E-state index in [-0.39, 0.29) is 11.6 Å². The predicted octanol–water partition coefficient (Wildman–Crippen LogP) is 4.38. The van der Waals surface area contributed by atoms with Crippen molar-refractivity contribution in [3.8, 4) is 0 Å². The van der Waals surface area contributed by atoms with Gasteiger partial charge in [0.05, 0.1) is 17.2 Å². The van der Waals surface area contributed by atoms with Gasteiger partial charge in [-0.25, -0.2) is 9.38 Å². The molecular weight excluding hydrogens is 273 g/mol. The molecule has 2 aromatic carbocycles. The van der Waals surface area contributed by atoms with E-state index in [9.17, 15) is 9.18 Å². The van der Waals surface area contributed by atoms with Crippen molar-refractivity contribution in [2.45, 2.75) is 12.2 Å². The highest BCUT2D eigenvalue weighted by Gasteiger charge is 2.19. The third kappa shape index (κ3) is 2.80. The number of hydrogen-bond donors (Lipinski definition) is 0. The van der Waals surface area contributed by atoms with Crippen LogP contribution in [0.1, 0.15) is 22.3 Å². The van der Waals surface area contributed by atoms with Crippen molar-refractivity contribution in [2.75, 3.05) is 0 Å². The number of Topliss-reactive ketones (excluding diaryl/α,β-unsaturated/α-hetero) is 1. The Hall–Kier alpha value is -1.94. The number of hydrogen-bond acceptors (Lipinski definition) is 3. The summed E-state index contributed by atoms with van der Waals surface area (Å²) in [5.41, 5.74) is 2.45. The van der Waals surface area contributed by atoms with Crippen molar-refractivity contribution in [2.24, 2.45) is 4.99 Å². The lowest BCUT2D eigenvalue weighted by Crippen LogP contribution is -2.10. The molecule has 0 aliphatic carbocycles. The van der Waals surface area contributed by atoms with Gasteiger partial charge in [-0.2, -0.15) is 0 Å². The van der Waals surface area contributed by atoms with Crippen LogP contribution >= 0.6 is 11.8 Å². The van der Waals surface area contributed by atoms with Crippen molar-refractivity contribution >= 4 is 28.3 Å². The Morgan fingerprint density at radius 1 is 1.10 bits per heavy atom. The van der Waals surface area contributed by atoms with Crippen molar-refractivity contribution < 1.29 is 9.18 Å². The zero-order chi connectivity index (χ0) is 13.9. The number of para-hydroxylation sites is 1. The Bertz CT molecular complexity index is 679. The van der Waals surface area contributed by atoms with Crippen LogP contribution in [-0.2, 0) is 5.75 Å². The number of fused-ring (bicyclic) bond motifs is 1. The van der Waals surface area contributed by atoms with Crippen LogP contribution in [0.15, 0.2) is 53.5 Å². The molecule has 2 nitrogen and oxygen atoms in total. The molecular formula is C16H12FNOS. The van der Waals surface area contributed by atoms with Gasteiger partial charge in [0.2, 0.25) is 0 Å². The first-order valence-corrected chi connectivity index (χ1v) is 7.28. The number of carbonyl (C=O) groups excluding carboxylic acids is 1. The average Bonchev–Trinajstić information content (AvgIpc) is 2.47. The van der Waals surface area contributed by atoms with Crippen LogP contribution in [0.4, 0.5) is 10.1 Å². The highest BCUT2D eigenvalue weighted by atomic mass is 32.2. The molecule has 0 spiro atoms. The topological polar surface area (TPSA) is 29.4 Å². The maximum Gasteiger partial charge on any atom is 0.171 e. The summed E-state index contributed by atoms with van der Waals surface area (Å²) in [5, 5.41) is 0.818. The van der Waals surface area contributed by atoms with Crippen LogP contribution < -0.4 is 0 Å². The molecule has 20 heavy (non-hydrogen) atoms. The molecule has 1 aliphatic rings. The molecule has 0 bridgehead atoms. The molecule has 1 heterocycles. The second-order valence-corrected chi connectivity index (χ2v) is 5.59. The fourth-order valence-corrected chi connectivity index (χ4v) is 2.97. The molecule has 0 saturated heterocycles. The molecule has 1 aliphatic heterocycles. The third-order valence-electron chi connectivity index (χ3n) is 3.08. The highest BCUT2D eigenvalue weighted by Crippen LogP contribution is 2.29. The number of halogens is 1. The Balaban J connectivity index is 1.74. The predicted molar refractivity (Wildman–Crippen MR) is 80.2 cm³/mol. The molecule has 0 atom stereocenters. The molecule has 0 amide bonds. The van der Waals surface area contributed by atoms with Crippen LogP contribution in [0.2, 0.25) is 0 Å². The first kappa shape index (κ1) is 13.1. The van der Waals surface area contributed by atoms with E-state index in [4.69, 9.17) is 0 Å². The van der Waals surface area contributed by atoms with E-state index in [0.29, 0.717) is 17.7 Å². The maximum atomic E-state index is 12.8. The molecule has 2 aromatic rings. The Labute approximate surface area is 120 Å². The fourth-order valence-electron chi connectivity index (χ4n) is 2.04. The first-order chi connectivity index (χ1) is 9.72. The quantitative estimate of drug-likeness (QED) is 0.819. The number of rotatable bonds is 2. The van der Waals surface area contributed by atoms with Crippen LogP contribution in [0, 0.1) is 5.82 Å². The summed E-state index contributed by atoms with van der Waals surface area (Å²) >= 11 is 1.53. The van der Waals surface area contributed by atoms with Gasteiger partial charge in [-0.05, 0) is 29.8 Å². The number of ketones is 1. The number of thioether (sulfide) groups is 1. The van der Waals surface area contributed by atoms with Gasteiger partial charge in [0.15, 0.2) is 5.78 Å². The van der Waals surface area contributed by atoms with Gasteiger partial charge in [0, 0.05) is 11.3 Å². The minimum absolute atomic E-state index is 0.109. The zero-order valence-corrected chi connectivity index (χ0v) is 11.5. The van der Waals surface area contributed by atoms with Crippen LogP contribution in [0.5, 0.6) is 0 Å². The highest BCUT2D eigenvalue weighted by molar-refractivity contribution is 8.13. The second-order valence-electron chi connectivity index (χ2n) is 4.54. The van der Waals surface area contributed by atoms with Gasteiger partial charge in [-0.15, -0.1) is 11.8 Å². The van der Waals surface area contributed by atoms with E-state index in [0.717, 1.165) is 16.3 Å². The van der Waals surface area contributed by atoms with Crippen molar-refractivity contribution in [3.63, 3.8) is 0 Å². The summed E-state index contributed by atoms with van der Waals surface area (Å²) in [6, 6.07) is 13.8. The number of nitrogens with zero attached hydrogens (tertiary/aromatic N) is 1. The number of aliphatic imine (C=N–C) groups is 1. The second kappa shape index (κ2) is 5.59. The molecule has 0 saturated carbocycles. The van der Waals surface area contributed by atoms with E-state index >= 15 is 0 Å². The Kier molecular flexibility index (Phi) is 3.65. The first-order valence-electron chi connectivity index (χ1n) is 6.29. The largest absolute Gasteiger partial charge is 0.294 e. The molecule has 0 unspecified atom stereocenters. The van der Waals surface area contributed by atoms with Crippen LogP contribution in [0.3, 0.4) is 0 Å². The average molecular weight is 285 g/mol. The normalized spacial score (nSPS) is 13.8. The molecule has 4 heteroatoms. The third-order valence-corrected chi connectivity index (χ3v) is 4.13. The maximum absolute atomic E-state index is 12.8. The molecule has 3 rings (SSSR count). The summed E-state index contributed by atoms with van der Waals surface area (Å²) in [6.07, 6.45) is 0.350. The number of benzene rings is 2. The molecule has 0 radical (unpaired) electrons. The summed E-state index contributed by atoms with van der Waals surface area (Å²) in [5.74, 6) is 0.559. The summed E-state index contributed by atoms with van der Waals surface area (Å²) in [4.78, 5) is 16.5. The van der Waals surface area contributed by atoms with Gasteiger partial charge in [0.25, 0.3) is 0 Å². The lowest BCUT2D eigenvalue weighted by Gasteiger charge is -2.13. The number of carbonyl (C=O) groups is 1. The van der Waals surface area contributed by atoms with Crippen molar-refractivity contribution in [3.05, 3.63) is 65.5 Å². The van der Waals surface area contributed by atoms with E-state index in [1.165, 1.54) is 23.9 Å². The summed E-state index contributed by atoms with van der Waals surface area (Å²) in [7, 11) is 0. The van der Waals surface area contributed by atoms with Gasteiger partial charge in [-0.3, -0.25) is 4.79 Å². The van der Waals surface area contributed by atoms with E-state index in [1.807, 2.05) is 24.3 Å². The molecule has 0 aromatic heterocycles. The molecule has 100 valence electrons. The Morgan fingerprint density at radius 2 is 1.85 bits per heavy atom. The van der Waals surface area contributed by atoms with E-state index in [2.05, 4.69) is 4.99 Å². The minimum Gasteiger partial charge on any atom is -0.294 e. The Morgan fingerprint density at radius 3 is 2.65 bits per heavy atom. The molecule has 0 N–H and O–H groups in total. The van der Waals surface area contributed by atoms with Crippen molar-refractivity contribution in [1.82, 2.24) is 0 Å². The fraction of sp³-hybridized carbons (Fsp3) is 0.125. The van der Waals surface area contributed by atoms with E-state index < -0.39 is 0 Å². The van der Waals surface area contributed by atoms with E-state index in [1.54, 1.807) is 12.1 Å². The van der Waals surface area contributed by atoms with Crippen LogP contribution in [-0.4, -0.2) is 10.8 Å². The van der Waals surface area contributed by atoms with Gasteiger partial charge < -0.3 is 0 Å². The van der Waals surface area contributed by atoms with Crippen molar-refractivity contribution in [1.29, 1.82) is 0 Å². The monoisotopic (exact) mass is 285 g/mol. The van der Waals surface area contributed by atoms with Gasteiger partial charge in [-0.1, -0.05) is 24.3 Å². The minimum atomic E-state index is -0.238. The van der Waals surface area contributed by atoms with Gasteiger partial charge >= 0.3 is 0 Å².